The average molecular weight is 345 g/mol. The molecule has 1 aromatic rings. The Morgan fingerprint density at radius 2 is 2.14 bits per heavy atom. The fourth-order valence-electron chi connectivity index (χ4n) is 2.13. The van der Waals surface area contributed by atoms with Crippen molar-refractivity contribution in [3.63, 3.8) is 0 Å². The van der Waals surface area contributed by atoms with E-state index in [0.29, 0.717) is 19.1 Å². The number of benzene rings is 1. The highest BCUT2D eigenvalue weighted by Gasteiger charge is 2.16. The lowest BCUT2D eigenvalue weighted by atomic mass is 10.2. The number of thioether (sulfide) groups is 1. The van der Waals surface area contributed by atoms with E-state index in [4.69, 9.17) is 4.74 Å². The van der Waals surface area contributed by atoms with Crippen LogP contribution in [-0.2, 0) is 16.1 Å². The van der Waals surface area contributed by atoms with Crippen molar-refractivity contribution in [3.8, 4) is 0 Å². The fourth-order valence-corrected chi connectivity index (χ4v) is 3.08. The Balaban J connectivity index is 0.00000242. The van der Waals surface area contributed by atoms with Gasteiger partial charge in [0.25, 0.3) is 0 Å². The van der Waals surface area contributed by atoms with E-state index in [0.717, 1.165) is 29.3 Å². The molecule has 1 unspecified atom stereocenters. The lowest BCUT2D eigenvalue weighted by Gasteiger charge is -2.22. The van der Waals surface area contributed by atoms with Crippen molar-refractivity contribution in [2.45, 2.75) is 39.0 Å². The van der Waals surface area contributed by atoms with Crippen LogP contribution in [0.1, 0.15) is 25.8 Å². The van der Waals surface area contributed by atoms with Crippen LogP contribution in [0, 0.1) is 0 Å². The molecule has 1 aliphatic heterocycles. The molecule has 0 aromatic heterocycles. The van der Waals surface area contributed by atoms with E-state index >= 15 is 0 Å². The van der Waals surface area contributed by atoms with Gasteiger partial charge in [-0.25, -0.2) is 0 Å². The van der Waals surface area contributed by atoms with Gasteiger partial charge < -0.3 is 15.4 Å². The van der Waals surface area contributed by atoms with Crippen molar-refractivity contribution >= 4 is 35.8 Å². The average Bonchev–Trinajstić information content (AvgIpc) is 2.47. The molecule has 1 fully saturated rings. The summed E-state index contributed by atoms with van der Waals surface area (Å²) in [5, 5.41) is 6.33. The first-order valence-electron chi connectivity index (χ1n) is 7.45. The van der Waals surface area contributed by atoms with Crippen molar-refractivity contribution in [2.24, 2.45) is 0 Å². The summed E-state index contributed by atoms with van der Waals surface area (Å²) in [4.78, 5) is 12.0. The van der Waals surface area contributed by atoms with Crippen LogP contribution >= 0.6 is 24.2 Å². The number of anilines is 1. The maximum Gasteiger partial charge on any atom is 0.225 e. The number of halogens is 1. The van der Waals surface area contributed by atoms with Gasteiger partial charge in [-0.05, 0) is 31.5 Å². The standard InChI is InChI=1S/C16H24N2O2S.ClH/c1-12(2)20-10-13-3-5-14(6-4-13)18-16(19)9-15-11-21-8-7-17-15;/h3-6,12,15,17H,7-11H2,1-2H3,(H,18,19);1H. The fraction of sp³-hybridized carbons (Fsp3) is 0.562. The highest BCUT2D eigenvalue weighted by Crippen LogP contribution is 2.14. The van der Waals surface area contributed by atoms with Gasteiger partial charge in [0.1, 0.15) is 0 Å². The van der Waals surface area contributed by atoms with Crippen LogP contribution in [-0.4, -0.2) is 36.1 Å². The zero-order valence-electron chi connectivity index (χ0n) is 13.1. The lowest BCUT2D eigenvalue weighted by Crippen LogP contribution is -2.39. The molecular weight excluding hydrogens is 320 g/mol. The summed E-state index contributed by atoms with van der Waals surface area (Å²) in [6.45, 7) is 5.64. The molecular formula is C16H25ClN2O2S. The summed E-state index contributed by atoms with van der Waals surface area (Å²) in [7, 11) is 0. The third-order valence-corrected chi connectivity index (χ3v) is 4.38. The zero-order chi connectivity index (χ0) is 15.1. The van der Waals surface area contributed by atoms with Crippen LogP contribution < -0.4 is 10.6 Å². The van der Waals surface area contributed by atoms with E-state index in [2.05, 4.69) is 10.6 Å². The highest BCUT2D eigenvalue weighted by molar-refractivity contribution is 7.99. The van der Waals surface area contributed by atoms with E-state index in [1.54, 1.807) is 0 Å². The molecule has 0 spiro atoms. The monoisotopic (exact) mass is 344 g/mol. The third kappa shape index (κ3) is 7.01. The smallest absolute Gasteiger partial charge is 0.225 e. The number of rotatable bonds is 6. The van der Waals surface area contributed by atoms with Crippen molar-refractivity contribution in [3.05, 3.63) is 29.8 Å². The highest BCUT2D eigenvalue weighted by atomic mass is 35.5. The molecule has 124 valence electrons. The van der Waals surface area contributed by atoms with E-state index in [1.807, 2.05) is 49.9 Å². The van der Waals surface area contributed by atoms with Crippen LogP contribution in [0.3, 0.4) is 0 Å². The molecule has 0 radical (unpaired) electrons. The van der Waals surface area contributed by atoms with Crippen LogP contribution in [0.15, 0.2) is 24.3 Å². The second kappa shape index (κ2) is 10.1. The predicted molar refractivity (Wildman–Crippen MR) is 96.0 cm³/mol. The molecule has 0 aliphatic carbocycles. The summed E-state index contributed by atoms with van der Waals surface area (Å²) in [6.07, 6.45) is 0.760. The summed E-state index contributed by atoms with van der Waals surface area (Å²) < 4.78 is 5.55. The van der Waals surface area contributed by atoms with Gasteiger partial charge >= 0.3 is 0 Å². The molecule has 6 heteroatoms. The molecule has 1 amide bonds. The maximum absolute atomic E-state index is 12.0. The number of amides is 1. The quantitative estimate of drug-likeness (QED) is 0.832. The second-order valence-electron chi connectivity index (χ2n) is 5.53. The SMILES string of the molecule is CC(C)OCc1ccc(NC(=O)CC2CSCCN2)cc1.Cl. The lowest BCUT2D eigenvalue weighted by molar-refractivity contribution is -0.116. The van der Waals surface area contributed by atoms with E-state index in [-0.39, 0.29) is 24.4 Å². The largest absolute Gasteiger partial charge is 0.374 e. The Labute approximate surface area is 143 Å². The Morgan fingerprint density at radius 3 is 2.73 bits per heavy atom. The molecule has 1 atom stereocenters. The van der Waals surface area contributed by atoms with Crippen molar-refractivity contribution in [1.29, 1.82) is 0 Å². The molecule has 1 aromatic carbocycles. The van der Waals surface area contributed by atoms with Gasteiger partial charge in [0.2, 0.25) is 5.91 Å². The number of carbonyl (C=O) groups is 1. The van der Waals surface area contributed by atoms with Gasteiger partial charge in [0.05, 0.1) is 12.7 Å². The summed E-state index contributed by atoms with van der Waals surface area (Å²) >= 11 is 1.90. The van der Waals surface area contributed by atoms with Crippen LogP contribution in [0.5, 0.6) is 0 Å². The Morgan fingerprint density at radius 1 is 1.41 bits per heavy atom. The van der Waals surface area contributed by atoms with Crippen molar-refractivity contribution in [1.82, 2.24) is 5.32 Å². The summed E-state index contributed by atoms with van der Waals surface area (Å²) in [6, 6.07) is 8.14. The second-order valence-corrected chi connectivity index (χ2v) is 6.68. The molecule has 4 nitrogen and oxygen atoms in total. The van der Waals surface area contributed by atoms with Crippen LogP contribution in [0.4, 0.5) is 5.69 Å². The number of carbonyl (C=O) groups excluding carboxylic acids is 1. The Kier molecular flexibility index (Phi) is 8.86. The summed E-state index contributed by atoms with van der Waals surface area (Å²) in [5.74, 6) is 2.22. The van der Waals surface area contributed by atoms with Crippen LogP contribution in [0.25, 0.3) is 0 Å². The maximum atomic E-state index is 12.0. The Hall–Kier alpha value is -0.750. The molecule has 22 heavy (non-hydrogen) atoms. The first-order valence-corrected chi connectivity index (χ1v) is 8.60. The molecule has 2 rings (SSSR count). The van der Waals surface area contributed by atoms with Crippen molar-refractivity contribution in [2.75, 3.05) is 23.4 Å². The molecule has 0 bridgehead atoms. The normalized spacial score (nSPS) is 17.9. The Bertz CT molecular complexity index is 448. The van der Waals surface area contributed by atoms with Gasteiger partial charge in [-0.2, -0.15) is 11.8 Å². The van der Waals surface area contributed by atoms with Gasteiger partial charge in [-0.1, -0.05) is 12.1 Å². The summed E-state index contributed by atoms with van der Waals surface area (Å²) in [5.41, 5.74) is 1.96. The van der Waals surface area contributed by atoms with E-state index in [9.17, 15) is 4.79 Å². The van der Waals surface area contributed by atoms with Gasteiger partial charge in [0, 0.05) is 36.2 Å². The molecule has 0 saturated carbocycles. The minimum Gasteiger partial charge on any atom is -0.374 e. The molecule has 1 heterocycles. The number of hydrogen-bond acceptors (Lipinski definition) is 4. The number of nitrogens with one attached hydrogen (secondary N) is 2. The minimum atomic E-state index is 0. The van der Waals surface area contributed by atoms with E-state index < -0.39 is 0 Å². The first kappa shape index (κ1) is 19.3. The van der Waals surface area contributed by atoms with Gasteiger partial charge in [-0.15, -0.1) is 12.4 Å². The van der Waals surface area contributed by atoms with Crippen LogP contribution in [0.2, 0.25) is 0 Å². The molecule has 1 saturated heterocycles. The topological polar surface area (TPSA) is 50.4 Å². The van der Waals surface area contributed by atoms with Gasteiger partial charge in [-0.3, -0.25) is 4.79 Å². The van der Waals surface area contributed by atoms with Gasteiger partial charge in [0.15, 0.2) is 0 Å². The van der Waals surface area contributed by atoms with E-state index in [1.165, 1.54) is 0 Å². The first-order chi connectivity index (χ1) is 10.1. The number of hydrogen-bond donors (Lipinski definition) is 2. The third-order valence-electron chi connectivity index (χ3n) is 3.25. The molecule has 2 N–H and O–H groups in total. The number of ether oxygens (including phenoxy) is 1. The predicted octanol–water partition coefficient (Wildman–Crippen LogP) is 3.07. The zero-order valence-corrected chi connectivity index (χ0v) is 14.8. The van der Waals surface area contributed by atoms with Crippen molar-refractivity contribution < 1.29 is 9.53 Å². The molecule has 1 aliphatic rings. The minimum absolute atomic E-state index is 0.